The summed E-state index contributed by atoms with van der Waals surface area (Å²) in [6, 6.07) is 0. The molecule has 6 heteroatoms. The van der Waals surface area contributed by atoms with Gasteiger partial charge in [-0.15, -0.1) is 0 Å². The summed E-state index contributed by atoms with van der Waals surface area (Å²) in [7, 11) is 0. The van der Waals surface area contributed by atoms with Crippen molar-refractivity contribution < 1.29 is 29.5 Å². The largest absolute Gasteiger partial charge is 0.394 e. The summed E-state index contributed by atoms with van der Waals surface area (Å²) in [4.78, 5) is 0. The maximum atomic E-state index is 8.40. The third-order valence-corrected chi connectivity index (χ3v) is 1.89. The molecule has 1 unspecified atom stereocenters. The van der Waals surface area contributed by atoms with E-state index in [-0.39, 0.29) is 13.2 Å². The molecule has 1 atom stereocenters. The Kier molecular flexibility index (Phi) is 22.3. The van der Waals surface area contributed by atoms with Crippen molar-refractivity contribution >= 4 is 0 Å². The molecule has 0 aromatic rings. The average Bonchev–Trinajstić information content (AvgIpc) is 2.41. The van der Waals surface area contributed by atoms with Crippen LogP contribution in [0, 0.1) is 0 Å². The molecule has 0 rings (SSSR count). The summed E-state index contributed by atoms with van der Waals surface area (Å²) in [6.07, 6.45) is 1.71. The summed E-state index contributed by atoms with van der Waals surface area (Å²) < 4.78 is 15.5. The van der Waals surface area contributed by atoms with Gasteiger partial charge in [-0.3, -0.25) is 0 Å². The fourth-order valence-electron chi connectivity index (χ4n) is 0.853. The minimum absolute atomic E-state index is 0.0696. The van der Waals surface area contributed by atoms with Crippen LogP contribution in [-0.4, -0.2) is 74.3 Å². The lowest BCUT2D eigenvalue weighted by Gasteiger charge is -2.05. The predicted octanol–water partition coefficient (Wildman–Crippen LogP) is 0.188. The van der Waals surface area contributed by atoms with Crippen LogP contribution in [0.25, 0.3) is 0 Å². The molecule has 0 saturated carbocycles. The molecule has 0 saturated heterocycles. The zero-order valence-electron chi connectivity index (χ0n) is 12.2. The SMILES string of the molecule is CC(O)CO.CCCCOCCOCCOCCO. The highest BCUT2D eigenvalue weighted by Crippen LogP contribution is 1.87. The second kappa shape index (κ2) is 20.1. The lowest BCUT2D eigenvalue weighted by atomic mass is 10.4. The summed E-state index contributed by atoms with van der Waals surface area (Å²) >= 11 is 0. The quantitative estimate of drug-likeness (QED) is 0.443. The first-order chi connectivity index (χ1) is 9.18. The molecule has 0 bridgehead atoms. The molecule has 0 aromatic carbocycles. The second-order valence-electron chi connectivity index (χ2n) is 3.95. The van der Waals surface area contributed by atoms with E-state index < -0.39 is 6.10 Å². The number of hydrogen-bond donors (Lipinski definition) is 3. The summed E-state index contributed by atoms with van der Waals surface area (Å²) in [6.45, 7) is 7.18. The van der Waals surface area contributed by atoms with Crippen LogP contribution in [0.4, 0.5) is 0 Å². The Hall–Kier alpha value is -0.240. The zero-order valence-corrected chi connectivity index (χ0v) is 12.2. The van der Waals surface area contributed by atoms with Crippen LogP contribution in [0.15, 0.2) is 0 Å². The predicted molar refractivity (Wildman–Crippen MR) is 73.2 cm³/mol. The van der Waals surface area contributed by atoms with Crippen molar-refractivity contribution in [1.29, 1.82) is 0 Å². The summed E-state index contributed by atoms with van der Waals surface area (Å²) in [5.41, 5.74) is 0. The van der Waals surface area contributed by atoms with Crippen molar-refractivity contribution in [2.24, 2.45) is 0 Å². The van der Waals surface area contributed by atoms with Crippen molar-refractivity contribution in [3.05, 3.63) is 0 Å². The Morgan fingerprint density at radius 1 is 0.842 bits per heavy atom. The molecule has 0 fully saturated rings. The zero-order chi connectivity index (χ0) is 14.8. The molecule has 0 spiro atoms. The Morgan fingerprint density at radius 3 is 1.63 bits per heavy atom. The van der Waals surface area contributed by atoms with E-state index in [1.165, 1.54) is 6.92 Å². The standard InChI is InChI=1S/C10H22O4.C3H8O2/c1-2-3-5-12-7-9-14-10-8-13-6-4-11;1-3(5)2-4/h11H,2-10H2,1H3;3-5H,2H2,1H3. The van der Waals surface area contributed by atoms with E-state index in [4.69, 9.17) is 29.5 Å². The fourth-order valence-corrected chi connectivity index (χ4v) is 0.853. The Balaban J connectivity index is 0. The first kappa shape index (κ1) is 21.1. The maximum absolute atomic E-state index is 8.40. The smallest absolute Gasteiger partial charge is 0.0742 e. The molecule has 19 heavy (non-hydrogen) atoms. The van der Waals surface area contributed by atoms with Gasteiger partial charge in [0.25, 0.3) is 0 Å². The van der Waals surface area contributed by atoms with E-state index >= 15 is 0 Å². The van der Waals surface area contributed by atoms with Crippen molar-refractivity contribution in [2.45, 2.75) is 32.8 Å². The molecular formula is C13H30O6. The van der Waals surface area contributed by atoms with Crippen LogP contribution in [0.5, 0.6) is 0 Å². The van der Waals surface area contributed by atoms with Gasteiger partial charge >= 0.3 is 0 Å². The van der Waals surface area contributed by atoms with Gasteiger partial charge in [0.15, 0.2) is 0 Å². The van der Waals surface area contributed by atoms with E-state index in [9.17, 15) is 0 Å². The van der Waals surface area contributed by atoms with Gasteiger partial charge in [-0.25, -0.2) is 0 Å². The van der Waals surface area contributed by atoms with Gasteiger partial charge in [-0.1, -0.05) is 13.3 Å². The Bertz CT molecular complexity index is 131. The van der Waals surface area contributed by atoms with E-state index in [0.29, 0.717) is 33.0 Å². The van der Waals surface area contributed by atoms with Crippen LogP contribution in [0.2, 0.25) is 0 Å². The minimum atomic E-state index is -0.560. The summed E-state index contributed by atoms with van der Waals surface area (Å²) in [5, 5.41) is 24.4. The number of hydrogen-bond acceptors (Lipinski definition) is 6. The van der Waals surface area contributed by atoms with Crippen LogP contribution in [0.3, 0.4) is 0 Å². The Labute approximate surface area is 116 Å². The molecule has 0 aliphatic rings. The molecule has 6 nitrogen and oxygen atoms in total. The van der Waals surface area contributed by atoms with Gasteiger partial charge in [0.2, 0.25) is 0 Å². The third kappa shape index (κ3) is 27.1. The van der Waals surface area contributed by atoms with Crippen molar-refractivity contribution in [3.8, 4) is 0 Å². The van der Waals surface area contributed by atoms with Gasteiger partial charge in [-0.2, -0.15) is 0 Å². The van der Waals surface area contributed by atoms with Gasteiger partial charge in [0, 0.05) is 6.61 Å². The molecule has 0 amide bonds. The van der Waals surface area contributed by atoms with Crippen LogP contribution < -0.4 is 0 Å². The molecular weight excluding hydrogens is 252 g/mol. The number of aliphatic hydroxyl groups excluding tert-OH is 3. The van der Waals surface area contributed by atoms with Gasteiger partial charge < -0.3 is 29.5 Å². The van der Waals surface area contributed by atoms with E-state index in [0.717, 1.165) is 19.4 Å². The van der Waals surface area contributed by atoms with Crippen molar-refractivity contribution in [1.82, 2.24) is 0 Å². The normalized spacial score (nSPS) is 11.8. The number of unbranched alkanes of at least 4 members (excludes halogenated alkanes) is 1. The lowest BCUT2D eigenvalue weighted by molar-refractivity contribution is 0.00735. The van der Waals surface area contributed by atoms with Crippen molar-refractivity contribution in [3.63, 3.8) is 0 Å². The highest BCUT2D eigenvalue weighted by atomic mass is 16.5. The van der Waals surface area contributed by atoms with Crippen LogP contribution in [0.1, 0.15) is 26.7 Å². The van der Waals surface area contributed by atoms with Crippen LogP contribution >= 0.6 is 0 Å². The highest BCUT2D eigenvalue weighted by molar-refractivity contribution is 4.35. The molecule has 0 aliphatic heterocycles. The average molecular weight is 282 g/mol. The van der Waals surface area contributed by atoms with Crippen molar-refractivity contribution in [2.75, 3.05) is 52.9 Å². The van der Waals surface area contributed by atoms with Crippen LogP contribution in [-0.2, 0) is 14.2 Å². The van der Waals surface area contributed by atoms with E-state index in [1.54, 1.807) is 0 Å². The molecule has 118 valence electrons. The first-order valence-corrected chi connectivity index (χ1v) is 6.82. The molecule has 0 heterocycles. The van der Waals surface area contributed by atoms with E-state index in [2.05, 4.69) is 6.92 Å². The maximum Gasteiger partial charge on any atom is 0.0742 e. The molecule has 3 N–H and O–H groups in total. The molecule has 0 radical (unpaired) electrons. The first-order valence-electron chi connectivity index (χ1n) is 6.82. The van der Waals surface area contributed by atoms with Gasteiger partial charge in [0.1, 0.15) is 0 Å². The second-order valence-corrected chi connectivity index (χ2v) is 3.95. The van der Waals surface area contributed by atoms with Gasteiger partial charge in [0.05, 0.1) is 52.4 Å². The Morgan fingerprint density at radius 2 is 1.26 bits per heavy atom. The lowest BCUT2D eigenvalue weighted by Crippen LogP contribution is -2.11. The number of aliphatic hydroxyl groups is 3. The van der Waals surface area contributed by atoms with Gasteiger partial charge in [-0.05, 0) is 13.3 Å². The number of ether oxygens (including phenoxy) is 3. The minimum Gasteiger partial charge on any atom is -0.394 e. The number of rotatable bonds is 12. The van der Waals surface area contributed by atoms with E-state index in [1.807, 2.05) is 0 Å². The molecule has 0 aliphatic carbocycles. The fraction of sp³-hybridized carbons (Fsp3) is 1.00. The third-order valence-electron chi connectivity index (χ3n) is 1.89. The monoisotopic (exact) mass is 282 g/mol. The summed E-state index contributed by atoms with van der Waals surface area (Å²) in [5.74, 6) is 0. The highest BCUT2D eigenvalue weighted by Gasteiger charge is 1.90. The molecule has 0 aromatic heterocycles. The topological polar surface area (TPSA) is 88.4 Å².